The second-order valence-corrected chi connectivity index (χ2v) is 3.52. The zero-order chi connectivity index (χ0) is 11.1. The number of nitrogens with two attached hydrogens (primary N) is 1. The van der Waals surface area contributed by atoms with Crippen LogP contribution in [0.25, 0.3) is 6.08 Å². The summed E-state index contributed by atoms with van der Waals surface area (Å²) in [6.07, 6.45) is 3.85. The van der Waals surface area contributed by atoms with E-state index in [1.54, 1.807) is 6.21 Å². The lowest BCUT2D eigenvalue weighted by Gasteiger charge is -1.92. The first-order valence-corrected chi connectivity index (χ1v) is 4.97. The van der Waals surface area contributed by atoms with Gasteiger partial charge in [-0.05, 0) is 30.8 Å². The van der Waals surface area contributed by atoms with Crippen molar-refractivity contribution in [3.05, 3.63) is 41.5 Å². The van der Waals surface area contributed by atoms with E-state index in [0.29, 0.717) is 0 Å². The van der Waals surface area contributed by atoms with Crippen LogP contribution in [0.2, 0.25) is 0 Å². The lowest BCUT2D eigenvalue weighted by atomic mass is 10.1. The Morgan fingerprint density at radius 1 is 1.40 bits per heavy atom. The molecule has 0 spiro atoms. The Labute approximate surface area is 94.7 Å². The van der Waals surface area contributed by atoms with Crippen molar-refractivity contribution in [3.63, 3.8) is 0 Å². The summed E-state index contributed by atoms with van der Waals surface area (Å²) in [5.41, 5.74) is 10.1. The van der Waals surface area contributed by atoms with Crippen molar-refractivity contribution in [1.82, 2.24) is 5.43 Å². The van der Waals surface area contributed by atoms with Gasteiger partial charge in [0.1, 0.15) is 0 Å². The lowest BCUT2D eigenvalue weighted by molar-refractivity contribution is -0.499. The molecule has 0 aliphatic heterocycles. The first-order chi connectivity index (χ1) is 7.18. The van der Waals surface area contributed by atoms with E-state index in [-0.39, 0.29) is 5.11 Å². The number of hydrazone groups is 1. The number of allylic oxidation sites excluding steroid dienone is 1. The maximum atomic E-state index is 5.25. The molecule has 0 amide bonds. The van der Waals surface area contributed by atoms with Crippen molar-refractivity contribution >= 4 is 29.6 Å². The van der Waals surface area contributed by atoms with Crippen LogP contribution in [0.4, 0.5) is 0 Å². The topological polar surface area (TPSA) is 52.0 Å². The number of hydrogen-bond acceptors (Lipinski definition) is 1. The zero-order valence-electron chi connectivity index (χ0n) is 8.53. The van der Waals surface area contributed by atoms with E-state index in [9.17, 15) is 0 Å². The van der Waals surface area contributed by atoms with Gasteiger partial charge in [-0.15, -0.1) is 10.5 Å². The van der Waals surface area contributed by atoms with Crippen molar-refractivity contribution in [2.75, 3.05) is 0 Å². The largest absolute Gasteiger partial charge is 0.372 e. The van der Waals surface area contributed by atoms with Gasteiger partial charge < -0.3 is 5.73 Å². The molecule has 0 aliphatic rings. The summed E-state index contributed by atoms with van der Waals surface area (Å²) < 4.78 is 0. The Morgan fingerprint density at radius 2 is 2.07 bits per heavy atom. The van der Waals surface area contributed by atoms with Crippen LogP contribution in [0.1, 0.15) is 12.5 Å². The molecule has 1 aromatic carbocycles. The predicted octanol–water partition coefficient (Wildman–Crippen LogP) is -0.0105. The van der Waals surface area contributed by atoms with Crippen LogP contribution >= 0.6 is 12.2 Å². The van der Waals surface area contributed by atoms with Crippen LogP contribution in [0.15, 0.2) is 35.9 Å². The van der Waals surface area contributed by atoms with Gasteiger partial charge in [-0.2, -0.15) is 0 Å². The molecule has 0 unspecified atom stereocenters. The average molecular weight is 220 g/mol. The molecule has 1 rings (SSSR count). The maximum absolute atomic E-state index is 5.25. The Balaban J connectivity index is 2.61. The van der Waals surface area contributed by atoms with Gasteiger partial charge in [-0.1, -0.05) is 30.3 Å². The summed E-state index contributed by atoms with van der Waals surface area (Å²) >= 11 is 4.64. The van der Waals surface area contributed by atoms with E-state index in [4.69, 9.17) is 5.73 Å². The first kappa shape index (κ1) is 11.4. The molecular formula is C11H14N3S+. The van der Waals surface area contributed by atoms with Crippen LogP contribution in [0, 0.1) is 0 Å². The highest BCUT2D eigenvalue weighted by Gasteiger charge is 1.90. The molecule has 4 heteroatoms. The summed E-state index contributed by atoms with van der Waals surface area (Å²) in [5.74, 6) is 0. The Bertz CT molecular complexity index is 382. The van der Waals surface area contributed by atoms with Gasteiger partial charge in [0.25, 0.3) is 0 Å². The van der Waals surface area contributed by atoms with E-state index in [2.05, 4.69) is 22.7 Å². The van der Waals surface area contributed by atoms with Gasteiger partial charge in [0.2, 0.25) is 5.11 Å². The van der Waals surface area contributed by atoms with Gasteiger partial charge in [-0.25, -0.2) is 0 Å². The quantitative estimate of drug-likeness (QED) is 0.381. The molecule has 0 saturated heterocycles. The third-order valence-corrected chi connectivity index (χ3v) is 1.79. The molecule has 0 bridgehead atoms. The van der Waals surface area contributed by atoms with Crippen LogP contribution in [0.5, 0.6) is 0 Å². The number of benzene rings is 1. The third kappa shape index (κ3) is 4.93. The first-order valence-electron chi connectivity index (χ1n) is 4.56. The molecular weight excluding hydrogens is 206 g/mol. The molecule has 0 saturated carbocycles. The number of hydrazine groups is 1. The fourth-order valence-electron chi connectivity index (χ4n) is 1.07. The molecule has 1 aromatic rings. The van der Waals surface area contributed by atoms with E-state index < -0.39 is 0 Å². The molecule has 0 radical (unpaired) electrons. The van der Waals surface area contributed by atoms with Crippen molar-refractivity contribution in [2.45, 2.75) is 6.92 Å². The minimum Gasteiger partial charge on any atom is -0.372 e. The van der Waals surface area contributed by atoms with Crippen molar-refractivity contribution in [1.29, 1.82) is 0 Å². The summed E-state index contributed by atoms with van der Waals surface area (Å²) in [6, 6.07) is 10.1. The van der Waals surface area contributed by atoms with Gasteiger partial charge in [0, 0.05) is 5.57 Å². The summed E-state index contributed by atoms with van der Waals surface area (Å²) in [7, 11) is 0. The van der Waals surface area contributed by atoms with Crippen molar-refractivity contribution in [3.8, 4) is 0 Å². The van der Waals surface area contributed by atoms with Crippen LogP contribution in [-0.2, 0) is 0 Å². The molecule has 0 fully saturated rings. The third-order valence-electron chi connectivity index (χ3n) is 1.69. The Morgan fingerprint density at radius 3 is 2.67 bits per heavy atom. The molecule has 0 aromatic heterocycles. The molecule has 3 nitrogen and oxygen atoms in total. The number of nitrogens with one attached hydrogen (secondary N) is 2. The van der Waals surface area contributed by atoms with Gasteiger partial charge in [-0.3, -0.25) is 0 Å². The SMILES string of the molecule is CC(C=[NH+]NC(N)=S)=Cc1ccccc1. The van der Waals surface area contributed by atoms with Crippen LogP contribution < -0.4 is 16.3 Å². The fourth-order valence-corrected chi connectivity index (χ4v) is 1.13. The highest BCUT2D eigenvalue weighted by Crippen LogP contribution is 2.03. The zero-order valence-corrected chi connectivity index (χ0v) is 9.34. The Kier molecular flexibility index (Phi) is 4.50. The number of thiocarbonyl (C=S) groups is 1. The molecule has 78 valence electrons. The second-order valence-electron chi connectivity index (χ2n) is 3.08. The summed E-state index contributed by atoms with van der Waals surface area (Å²) in [4.78, 5) is 0. The van der Waals surface area contributed by atoms with E-state index >= 15 is 0 Å². The van der Waals surface area contributed by atoms with Gasteiger partial charge in [0.15, 0.2) is 6.21 Å². The predicted molar refractivity (Wildman–Crippen MR) is 67.0 cm³/mol. The number of rotatable bonds is 3. The molecule has 0 heterocycles. The number of hydrogen-bond donors (Lipinski definition) is 3. The van der Waals surface area contributed by atoms with Gasteiger partial charge >= 0.3 is 0 Å². The standard InChI is InChI=1S/C11H13N3S/c1-9(8-13-14-11(12)15)7-10-5-3-2-4-6-10/h2-8H,1H3,(H3,12,14,15)/p+1. The molecule has 4 N–H and O–H groups in total. The second kappa shape index (κ2) is 5.93. The smallest absolute Gasteiger partial charge is 0.221 e. The van der Waals surface area contributed by atoms with Crippen molar-refractivity contribution in [2.24, 2.45) is 5.73 Å². The lowest BCUT2D eigenvalue weighted by Crippen LogP contribution is -2.82. The average Bonchev–Trinajstić information content (AvgIpc) is 2.18. The van der Waals surface area contributed by atoms with E-state index in [1.165, 1.54) is 0 Å². The normalized spacial score (nSPS) is 11.7. The van der Waals surface area contributed by atoms with E-state index in [0.717, 1.165) is 11.1 Å². The van der Waals surface area contributed by atoms with Crippen LogP contribution in [0.3, 0.4) is 0 Å². The van der Waals surface area contributed by atoms with E-state index in [1.807, 2.05) is 43.3 Å². The fraction of sp³-hybridized carbons (Fsp3) is 0.0909. The maximum Gasteiger partial charge on any atom is 0.221 e. The monoisotopic (exact) mass is 220 g/mol. The van der Waals surface area contributed by atoms with Crippen LogP contribution in [-0.4, -0.2) is 11.3 Å². The highest BCUT2D eigenvalue weighted by atomic mass is 32.1. The minimum absolute atomic E-state index is 0.221. The molecule has 0 aliphatic carbocycles. The minimum atomic E-state index is 0.221. The summed E-state index contributed by atoms with van der Waals surface area (Å²) in [5, 5.41) is 3.02. The Hall–Kier alpha value is -1.68. The highest BCUT2D eigenvalue weighted by molar-refractivity contribution is 7.80. The molecule has 15 heavy (non-hydrogen) atoms. The molecule has 0 atom stereocenters. The van der Waals surface area contributed by atoms with Crippen molar-refractivity contribution < 1.29 is 5.10 Å². The van der Waals surface area contributed by atoms with Gasteiger partial charge in [0.05, 0.1) is 0 Å². The summed E-state index contributed by atoms with van der Waals surface area (Å²) in [6.45, 7) is 1.99.